The van der Waals surface area contributed by atoms with Crippen molar-refractivity contribution < 1.29 is 14.1 Å². The van der Waals surface area contributed by atoms with Crippen LogP contribution in [0.2, 0.25) is 0 Å². The first-order valence-corrected chi connectivity index (χ1v) is 8.39. The molecule has 4 rings (SSSR count). The standard InChI is InChI=1S/C18H21N3O3/c1-13-9-17(19-24-13)23-12-18(22)21-11-15-6-4-8-20(15)10-14-5-2-3-7-16(14)21/h2-3,5,7,9,15H,4,6,8,10-12H2,1H3. The van der Waals surface area contributed by atoms with E-state index in [9.17, 15) is 4.79 Å². The van der Waals surface area contributed by atoms with Gasteiger partial charge >= 0.3 is 0 Å². The van der Waals surface area contributed by atoms with Crippen molar-refractivity contribution in [3.05, 3.63) is 41.7 Å². The zero-order valence-corrected chi connectivity index (χ0v) is 13.8. The summed E-state index contributed by atoms with van der Waals surface area (Å²) in [5, 5.41) is 3.77. The number of hydrogen-bond donors (Lipinski definition) is 0. The monoisotopic (exact) mass is 327 g/mol. The van der Waals surface area contributed by atoms with Crippen LogP contribution >= 0.6 is 0 Å². The van der Waals surface area contributed by atoms with Gasteiger partial charge in [-0.15, -0.1) is 0 Å². The number of carbonyl (C=O) groups excluding carboxylic acids is 1. The van der Waals surface area contributed by atoms with Crippen LogP contribution in [0.3, 0.4) is 0 Å². The molecule has 0 bridgehead atoms. The normalized spacial score (nSPS) is 20.4. The maximum atomic E-state index is 12.8. The minimum atomic E-state index is -0.0446. The molecule has 1 amide bonds. The van der Waals surface area contributed by atoms with Crippen LogP contribution in [0.5, 0.6) is 5.88 Å². The molecule has 0 saturated carbocycles. The molecule has 6 heteroatoms. The minimum absolute atomic E-state index is 0.0347. The molecule has 0 aliphatic carbocycles. The minimum Gasteiger partial charge on any atom is -0.465 e. The molecule has 2 aromatic rings. The average molecular weight is 327 g/mol. The van der Waals surface area contributed by atoms with Gasteiger partial charge in [0.15, 0.2) is 6.61 Å². The molecule has 0 radical (unpaired) electrons. The Kier molecular flexibility index (Phi) is 3.98. The molecule has 1 saturated heterocycles. The van der Waals surface area contributed by atoms with Crippen molar-refractivity contribution in [2.24, 2.45) is 0 Å². The number of fused-ring (bicyclic) bond motifs is 2. The Morgan fingerprint density at radius 1 is 1.42 bits per heavy atom. The summed E-state index contributed by atoms with van der Waals surface area (Å²) in [6.45, 7) is 4.50. The van der Waals surface area contributed by atoms with Gasteiger partial charge in [-0.2, -0.15) is 0 Å². The highest BCUT2D eigenvalue weighted by molar-refractivity contribution is 5.95. The third kappa shape index (κ3) is 2.89. The van der Waals surface area contributed by atoms with E-state index in [0.717, 1.165) is 31.7 Å². The molecule has 2 aliphatic heterocycles. The number of carbonyl (C=O) groups is 1. The van der Waals surface area contributed by atoms with E-state index in [4.69, 9.17) is 9.26 Å². The van der Waals surface area contributed by atoms with Crippen LogP contribution in [0.15, 0.2) is 34.9 Å². The van der Waals surface area contributed by atoms with E-state index in [-0.39, 0.29) is 12.5 Å². The summed E-state index contributed by atoms with van der Waals surface area (Å²) in [7, 11) is 0. The first kappa shape index (κ1) is 15.2. The Bertz CT molecular complexity index is 743. The van der Waals surface area contributed by atoms with E-state index in [1.807, 2.05) is 23.1 Å². The molecule has 0 spiro atoms. The van der Waals surface area contributed by atoms with Gasteiger partial charge in [-0.25, -0.2) is 0 Å². The highest BCUT2D eigenvalue weighted by atomic mass is 16.5. The number of anilines is 1. The van der Waals surface area contributed by atoms with Gasteiger partial charge in [0.05, 0.1) is 0 Å². The molecular weight excluding hydrogens is 306 g/mol. The van der Waals surface area contributed by atoms with Crippen LogP contribution in [0.1, 0.15) is 24.2 Å². The molecule has 126 valence electrons. The lowest BCUT2D eigenvalue weighted by atomic mass is 10.1. The second-order valence-corrected chi connectivity index (χ2v) is 6.46. The van der Waals surface area contributed by atoms with Gasteiger partial charge in [-0.05, 0) is 43.1 Å². The third-order valence-corrected chi connectivity index (χ3v) is 4.80. The Morgan fingerprint density at radius 2 is 2.29 bits per heavy atom. The van der Waals surface area contributed by atoms with Gasteiger partial charge in [0.2, 0.25) is 0 Å². The van der Waals surface area contributed by atoms with Crippen LogP contribution in [-0.4, -0.2) is 41.7 Å². The smallest absolute Gasteiger partial charge is 0.265 e. The fourth-order valence-corrected chi connectivity index (χ4v) is 3.61. The van der Waals surface area contributed by atoms with Crippen molar-refractivity contribution in [2.75, 3.05) is 24.6 Å². The Balaban J connectivity index is 1.54. The Hall–Kier alpha value is -2.34. The maximum absolute atomic E-state index is 12.8. The van der Waals surface area contributed by atoms with Crippen molar-refractivity contribution in [3.63, 3.8) is 0 Å². The quantitative estimate of drug-likeness (QED) is 0.866. The number of hydrogen-bond acceptors (Lipinski definition) is 5. The predicted octanol–water partition coefficient (Wildman–Crippen LogP) is 2.37. The second-order valence-electron chi connectivity index (χ2n) is 6.46. The van der Waals surface area contributed by atoms with Crippen molar-refractivity contribution in [1.29, 1.82) is 0 Å². The Morgan fingerprint density at radius 3 is 3.12 bits per heavy atom. The zero-order chi connectivity index (χ0) is 16.5. The first-order chi connectivity index (χ1) is 11.7. The number of benzene rings is 1. The molecule has 3 heterocycles. The molecule has 1 aromatic carbocycles. The van der Waals surface area contributed by atoms with Gasteiger partial charge in [-0.3, -0.25) is 9.69 Å². The van der Waals surface area contributed by atoms with Gasteiger partial charge in [0, 0.05) is 30.9 Å². The van der Waals surface area contributed by atoms with E-state index in [0.29, 0.717) is 17.7 Å². The van der Waals surface area contributed by atoms with Crippen molar-refractivity contribution >= 4 is 11.6 Å². The molecule has 2 aliphatic rings. The number of ether oxygens (including phenoxy) is 1. The summed E-state index contributed by atoms with van der Waals surface area (Å²) < 4.78 is 10.5. The average Bonchev–Trinajstić information content (AvgIpc) is 3.17. The molecule has 1 unspecified atom stereocenters. The van der Waals surface area contributed by atoms with E-state index in [1.54, 1.807) is 13.0 Å². The first-order valence-electron chi connectivity index (χ1n) is 8.39. The molecule has 6 nitrogen and oxygen atoms in total. The van der Waals surface area contributed by atoms with E-state index in [2.05, 4.69) is 16.1 Å². The molecule has 0 N–H and O–H groups in total. The fourth-order valence-electron chi connectivity index (χ4n) is 3.61. The number of nitrogens with zero attached hydrogens (tertiary/aromatic N) is 3. The number of aryl methyl sites for hydroxylation is 1. The SMILES string of the molecule is Cc1cc(OCC(=O)N2CC3CCCN3Cc3ccccc32)no1. The van der Waals surface area contributed by atoms with Crippen LogP contribution in [0.25, 0.3) is 0 Å². The second kappa shape index (κ2) is 6.28. The summed E-state index contributed by atoms with van der Waals surface area (Å²) in [6.07, 6.45) is 2.34. The highest BCUT2D eigenvalue weighted by Gasteiger charge is 2.33. The molecular formula is C18H21N3O3. The van der Waals surface area contributed by atoms with Gasteiger partial charge in [-0.1, -0.05) is 18.2 Å². The lowest BCUT2D eigenvalue weighted by Gasteiger charge is -2.26. The largest absolute Gasteiger partial charge is 0.465 e. The summed E-state index contributed by atoms with van der Waals surface area (Å²) in [5.74, 6) is 0.975. The fraction of sp³-hybridized carbons (Fsp3) is 0.444. The van der Waals surface area contributed by atoms with E-state index >= 15 is 0 Å². The Labute approximate surface area is 141 Å². The van der Waals surface area contributed by atoms with Crippen LogP contribution in [0, 0.1) is 6.92 Å². The molecule has 1 fully saturated rings. The summed E-state index contributed by atoms with van der Waals surface area (Å²) in [6, 6.07) is 10.3. The van der Waals surface area contributed by atoms with Crippen LogP contribution in [-0.2, 0) is 11.3 Å². The zero-order valence-electron chi connectivity index (χ0n) is 13.8. The molecule has 24 heavy (non-hydrogen) atoms. The van der Waals surface area contributed by atoms with Gasteiger partial charge < -0.3 is 14.2 Å². The number of amides is 1. The number of para-hydroxylation sites is 1. The number of rotatable bonds is 3. The molecule has 1 aromatic heterocycles. The van der Waals surface area contributed by atoms with Crippen molar-refractivity contribution in [3.8, 4) is 5.88 Å². The lowest BCUT2D eigenvalue weighted by Crippen LogP contribution is -2.42. The van der Waals surface area contributed by atoms with E-state index in [1.165, 1.54) is 12.0 Å². The van der Waals surface area contributed by atoms with Crippen LogP contribution < -0.4 is 9.64 Å². The predicted molar refractivity (Wildman–Crippen MR) is 89.0 cm³/mol. The van der Waals surface area contributed by atoms with Gasteiger partial charge in [0.25, 0.3) is 11.8 Å². The van der Waals surface area contributed by atoms with Gasteiger partial charge in [0.1, 0.15) is 5.76 Å². The van der Waals surface area contributed by atoms with Crippen molar-refractivity contribution in [2.45, 2.75) is 32.4 Å². The third-order valence-electron chi connectivity index (χ3n) is 4.80. The highest BCUT2D eigenvalue weighted by Crippen LogP contribution is 2.31. The lowest BCUT2D eigenvalue weighted by molar-refractivity contribution is -0.120. The summed E-state index contributed by atoms with van der Waals surface area (Å²) in [5.41, 5.74) is 2.20. The summed E-state index contributed by atoms with van der Waals surface area (Å²) in [4.78, 5) is 17.2. The van der Waals surface area contributed by atoms with E-state index < -0.39 is 0 Å². The summed E-state index contributed by atoms with van der Waals surface area (Å²) >= 11 is 0. The van der Waals surface area contributed by atoms with Crippen molar-refractivity contribution in [1.82, 2.24) is 10.1 Å². The van der Waals surface area contributed by atoms with Crippen LogP contribution in [0.4, 0.5) is 5.69 Å². The maximum Gasteiger partial charge on any atom is 0.265 e. The topological polar surface area (TPSA) is 58.8 Å². The molecule has 1 atom stereocenters. The number of aromatic nitrogens is 1.